The first-order valence-electron chi connectivity index (χ1n) is 11.5. The van der Waals surface area contributed by atoms with Gasteiger partial charge >= 0.3 is 0 Å². The second-order valence-corrected chi connectivity index (χ2v) is 8.44. The van der Waals surface area contributed by atoms with Gasteiger partial charge in [0.1, 0.15) is 23.9 Å². The molecule has 37 heavy (non-hydrogen) atoms. The van der Waals surface area contributed by atoms with E-state index in [1.165, 1.54) is 6.33 Å². The molecule has 5 aromatic rings. The van der Waals surface area contributed by atoms with Gasteiger partial charge in [-0.25, -0.2) is 4.98 Å². The highest BCUT2D eigenvalue weighted by Gasteiger charge is 2.13. The Morgan fingerprint density at radius 2 is 1.76 bits per heavy atom. The van der Waals surface area contributed by atoms with Crippen molar-refractivity contribution in [2.75, 3.05) is 0 Å². The molecule has 184 valence electrons. The van der Waals surface area contributed by atoms with Crippen molar-refractivity contribution < 1.29 is 14.4 Å². The number of aliphatic hydroxyl groups is 1. The average Bonchev–Trinajstić information content (AvgIpc) is 3.66. The highest BCUT2D eigenvalue weighted by molar-refractivity contribution is 5.88. The Balaban J connectivity index is 1.23. The molecule has 3 aromatic heterocycles. The summed E-state index contributed by atoms with van der Waals surface area (Å²) in [6, 6.07) is 17.3. The second-order valence-electron chi connectivity index (χ2n) is 8.44. The summed E-state index contributed by atoms with van der Waals surface area (Å²) in [5, 5.41) is 21.4. The molecule has 0 unspecified atom stereocenters. The summed E-state index contributed by atoms with van der Waals surface area (Å²) in [7, 11) is 0. The third kappa shape index (κ3) is 5.47. The number of imidazole rings is 1. The SMILES string of the molecule is C[C@H](O)c1nccn1Cc1cc(-c2ccc(C#Cc3ccc(Cn4cnnc4C(N)=O)cc3)cc2)on1. The summed E-state index contributed by atoms with van der Waals surface area (Å²) in [5.74, 6) is 7.06. The highest BCUT2D eigenvalue weighted by atomic mass is 16.5. The largest absolute Gasteiger partial charge is 0.385 e. The predicted molar refractivity (Wildman–Crippen MR) is 134 cm³/mol. The lowest BCUT2D eigenvalue weighted by molar-refractivity contribution is 0.0986. The van der Waals surface area contributed by atoms with Gasteiger partial charge < -0.3 is 24.5 Å². The molecule has 3 heterocycles. The predicted octanol–water partition coefficient (Wildman–Crippen LogP) is 2.78. The molecule has 3 N–H and O–H groups in total. The van der Waals surface area contributed by atoms with E-state index in [9.17, 15) is 9.90 Å². The number of primary amides is 1. The Morgan fingerprint density at radius 1 is 1.05 bits per heavy atom. The van der Waals surface area contributed by atoms with Crippen molar-refractivity contribution in [3.05, 3.63) is 107 Å². The zero-order valence-corrected chi connectivity index (χ0v) is 19.9. The molecule has 1 amide bonds. The van der Waals surface area contributed by atoms with E-state index in [2.05, 4.69) is 32.2 Å². The van der Waals surface area contributed by atoms with E-state index in [0.29, 0.717) is 24.7 Å². The van der Waals surface area contributed by atoms with E-state index in [0.717, 1.165) is 27.9 Å². The zero-order valence-electron chi connectivity index (χ0n) is 19.9. The van der Waals surface area contributed by atoms with Crippen molar-refractivity contribution in [2.24, 2.45) is 5.73 Å². The smallest absolute Gasteiger partial charge is 0.286 e. The summed E-state index contributed by atoms with van der Waals surface area (Å²) < 4.78 is 8.96. The van der Waals surface area contributed by atoms with Gasteiger partial charge in [0.2, 0.25) is 5.82 Å². The van der Waals surface area contributed by atoms with Gasteiger partial charge in [0.05, 0.1) is 13.1 Å². The van der Waals surface area contributed by atoms with Gasteiger partial charge in [-0.2, -0.15) is 0 Å². The van der Waals surface area contributed by atoms with Crippen LogP contribution in [0.2, 0.25) is 0 Å². The second kappa shape index (κ2) is 10.3. The van der Waals surface area contributed by atoms with Crippen molar-refractivity contribution in [1.82, 2.24) is 29.5 Å². The Kier molecular flexibility index (Phi) is 6.61. The third-order valence-corrected chi connectivity index (χ3v) is 5.68. The topological polar surface area (TPSA) is 138 Å². The minimum absolute atomic E-state index is 0.123. The molecule has 10 nitrogen and oxygen atoms in total. The lowest BCUT2D eigenvalue weighted by atomic mass is 10.1. The van der Waals surface area contributed by atoms with Crippen molar-refractivity contribution in [3.8, 4) is 23.2 Å². The molecule has 0 saturated carbocycles. The Bertz CT molecular complexity index is 1580. The summed E-state index contributed by atoms with van der Waals surface area (Å²) in [4.78, 5) is 15.6. The van der Waals surface area contributed by atoms with Crippen molar-refractivity contribution in [3.63, 3.8) is 0 Å². The molecule has 0 aliphatic carbocycles. The number of aromatic nitrogens is 6. The van der Waals surface area contributed by atoms with Gasteiger partial charge in [0.25, 0.3) is 5.91 Å². The van der Waals surface area contributed by atoms with Crippen molar-refractivity contribution in [1.29, 1.82) is 0 Å². The number of carbonyl (C=O) groups is 1. The number of hydrogen-bond acceptors (Lipinski definition) is 7. The molecule has 5 rings (SSSR count). The summed E-state index contributed by atoms with van der Waals surface area (Å²) >= 11 is 0. The first-order valence-corrected chi connectivity index (χ1v) is 11.5. The average molecular weight is 494 g/mol. The van der Waals surface area contributed by atoms with Gasteiger partial charge in [0.15, 0.2) is 5.76 Å². The van der Waals surface area contributed by atoms with Crippen molar-refractivity contribution in [2.45, 2.75) is 26.1 Å². The van der Waals surface area contributed by atoms with E-state index < -0.39 is 12.0 Å². The molecule has 0 aliphatic heterocycles. The van der Waals surface area contributed by atoms with Gasteiger partial charge in [-0.05, 0) is 48.9 Å². The number of aliphatic hydroxyl groups excluding tert-OH is 1. The minimum atomic E-state index is -0.663. The number of carbonyl (C=O) groups excluding carboxylic acids is 1. The molecular weight excluding hydrogens is 470 g/mol. The van der Waals surface area contributed by atoms with Gasteiger partial charge in [-0.1, -0.05) is 29.1 Å². The standard InChI is InChI=1S/C27H23N7O3/c1-18(35)26-29-12-13-33(26)16-23-14-24(37-32-23)22-10-8-20(9-11-22)3-2-19-4-6-21(7-5-19)15-34-17-30-31-27(34)25(28)36/h4-14,17-18,35H,15-16H2,1H3,(H2,28,36)/t18-/m0/s1. The van der Waals surface area contributed by atoms with Crippen LogP contribution >= 0.6 is 0 Å². The van der Waals surface area contributed by atoms with Crippen LogP contribution in [0.3, 0.4) is 0 Å². The molecular formula is C27H23N7O3. The Hall–Kier alpha value is -5.01. The molecule has 0 spiro atoms. The van der Waals surface area contributed by atoms with Crippen molar-refractivity contribution >= 4 is 5.91 Å². The first-order chi connectivity index (χ1) is 18.0. The molecule has 0 aliphatic rings. The number of amides is 1. The third-order valence-electron chi connectivity index (χ3n) is 5.68. The number of benzene rings is 2. The molecule has 0 saturated heterocycles. The van der Waals surface area contributed by atoms with E-state index >= 15 is 0 Å². The Morgan fingerprint density at radius 3 is 2.43 bits per heavy atom. The number of nitrogens with zero attached hydrogens (tertiary/aromatic N) is 6. The molecule has 2 aromatic carbocycles. The van der Waals surface area contributed by atoms with E-state index in [-0.39, 0.29) is 5.82 Å². The molecule has 1 atom stereocenters. The maximum absolute atomic E-state index is 11.4. The maximum atomic E-state index is 11.4. The normalized spacial score (nSPS) is 11.6. The number of hydrogen-bond donors (Lipinski definition) is 2. The van der Waals surface area contributed by atoms with E-state index in [4.69, 9.17) is 10.3 Å². The van der Waals surface area contributed by atoms with Crippen LogP contribution in [0.4, 0.5) is 0 Å². The summed E-state index contributed by atoms with van der Waals surface area (Å²) in [6.45, 7) is 2.57. The highest BCUT2D eigenvalue weighted by Crippen LogP contribution is 2.22. The van der Waals surface area contributed by atoms with E-state index in [1.807, 2.05) is 59.2 Å². The monoisotopic (exact) mass is 493 g/mol. The van der Waals surface area contributed by atoms with Crippen LogP contribution in [-0.2, 0) is 13.1 Å². The molecule has 0 fully saturated rings. The van der Waals surface area contributed by atoms with Crippen LogP contribution in [0.1, 0.15) is 51.9 Å². The fourth-order valence-electron chi connectivity index (χ4n) is 3.83. The van der Waals surface area contributed by atoms with Crippen LogP contribution in [0, 0.1) is 11.8 Å². The summed E-state index contributed by atoms with van der Waals surface area (Å²) in [6.07, 6.45) is 4.26. The first kappa shape index (κ1) is 23.7. The van der Waals surface area contributed by atoms with Gasteiger partial charge in [-0.3, -0.25) is 4.79 Å². The molecule has 0 bridgehead atoms. The number of rotatable bonds is 7. The lowest BCUT2D eigenvalue weighted by Gasteiger charge is -2.07. The minimum Gasteiger partial charge on any atom is -0.385 e. The van der Waals surface area contributed by atoms with Gasteiger partial charge in [0, 0.05) is 35.2 Å². The number of nitrogens with two attached hydrogens (primary N) is 1. The van der Waals surface area contributed by atoms with Crippen LogP contribution in [0.15, 0.2) is 77.8 Å². The molecule has 0 radical (unpaired) electrons. The fraction of sp³-hybridized carbons (Fsp3) is 0.148. The summed E-state index contributed by atoms with van der Waals surface area (Å²) in [5.41, 5.74) is 9.63. The van der Waals surface area contributed by atoms with Crippen LogP contribution < -0.4 is 5.73 Å². The van der Waals surface area contributed by atoms with Crippen LogP contribution in [-0.4, -0.2) is 40.5 Å². The maximum Gasteiger partial charge on any atom is 0.286 e. The van der Waals surface area contributed by atoms with Gasteiger partial charge in [-0.15, -0.1) is 10.2 Å². The van der Waals surface area contributed by atoms with Crippen LogP contribution in [0.5, 0.6) is 0 Å². The lowest BCUT2D eigenvalue weighted by Crippen LogP contribution is -2.18. The van der Waals surface area contributed by atoms with E-state index in [1.54, 1.807) is 23.9 Å². The Labute approximate surface area is 212 Å². The fourth-order valence-corrected chi connectivity index (χ4v) is 3.83. The van der Waals surface area contributed by atoms with Crippen LogP contribution in [0.25, 0.3) is 11.3 Å². The quantitative estimate of drug-likeness (QED) is 0.333. The zero-order chi connectivity index (χ0) is 25.8. The molecule has 10 heteroatoms.